The number of halogens is 1. The highest BCUT2D eigenvalue weighted by atomic mass is 79.9. The molecular formula is C6H9BrN4. The van der Waals surface area contributed by atoms with Crippen LogP contribution in [0.15, 0.2) is 16.7 Å². The maximum atomic E-state index is 5.54. The van der Waals surface area contributed by atoms with Gasteiger partial charge in [0, 0.05) is 17.7 Å². The molecule has 0 radical (unpaired) electrons. The van der Waals surface area contributed by atoms with Crippen LogP contribution < -0.4 is 16.6 Å². The highest BCUT2D eigenvalue weighted by Gasteiger charge is 2.02. The Morgan fingerprint density at radius 3 is 2.73 bits per heavy atom. The highest BCUT2D eigenvalue weighted by molar-refractivity contribution is 9.10. The molecule has 4 N–H and O–H groups in total. The number of aromatic nitrogens is 1. The molecule has 1 aromatic rings. The van der Waals surface area contributed by atoms with Gasteiger partial charge in [0.25, 0.3) is 0 Å². The Morgan fingerprint density at radius 1 is 1.64 bits per heavy atom. The van der Waals surface area contributed by atoms with Crippen LogP contribution in [0, 0.1) is 0 Å². The van der Waals surface area contributed by atoms with Crippen LogP contribution >= 0.6 is 15.9 Å². The number of rotatable bonds is 1. The lowest BCUT2D eigenvalue weighted by Crippen LogP contribution is -2.26. The summed E-state index contributed by atoms with van der Waals surface area (Å²) in [6.07, 6.45) is 1.63. The summed E-state index contributed by atoms with van der Waals surface area (Å²) >= 11 is 3.26. The predicted octanol–water partition coefficient (Wildman–Crippen LogP) is 0.736. The van der Waals surface area contributed by atoms with E-state index in [1.54, 1.807) is 13.2 Å². The lowest BCUT2D eigenvalue weighted by molar-refractivity contribution is 1.01. The van der Waals surface area contributed by atoms with Crippen LogP contribution in [0.1, 0.15) is 0 Å². The van der Waals surface area contributed by atoms with E-state index in [9.17, 15) is 0 Å². The zero-order valence-corrected chi connectivity index (χ0v) is 7.67. The Hall–Kier alpha value is -0.810. The van der Waals surface area contributed by atoms with Crippen molar-refractivity contribution in [3.63, 3.8) is 0 Å². The number of nitrogen functional groups attached to an aromatic ring is 1. The molecule has 11 heavy (non-hydrogen) atoms. The fraction of sp³-hybridized carbons (Fsp3) is 0.167. The molecule has 0 bridgehead atoms. The summed E-state index contributed by atoms with van der Waals surface area (Å²) in [5.41, 5.74) is 6.24. The van der Waals surface area contributed by atoms with E-state index in [1.807, 2.05) is 6.07 Å². The van der Waals surface area contributed by atoms with E-state index in [2.05, 4.69) is 20.9 Å². The molecule has 0 spiro atoms. The van der Waals surface area contributed by atoms with E-state index in [4.69, 9.17) is 11.6 Å². The number of nitrogens with zero attached hydrogens (tertiary/aromatic N) is 2. The molecular weight excluding hydrogens is 208 g/mol. The van der Waals surface area contributed by atoms with Crippen LogP contribution in [0.5, 0.6) is 0 Å². The van der Waals surface area contributed by atoms with Gasteiger partial charge in [0.2, 0.25) is 0 Å². The Bertz CT molecular complexity index is 261. The molecule has 0 fully saturated rings. The SMILES string of the molecule is CN(N)c1cc(Br)cnc1N. The molecule has 0 aliphatic heterocycles. The number of nitrogens with two attached hydrogens (primary N) is 2. The zero-order chi connectivity index (χ0) is 8.43. The summed E-state index contributed by atoms with van der Waals surface area (Å²) in [6, 6.07) is 1.81. The fourth-order valence-corrected chi connectivity index (χ4v) is 1.04. The van der Waals surface area contributed by atoms with E-state index in [0.29, 0.717) is 11.5 Å². The van der Waals surface area contributed by atoms with Crippen LogP contribution in [-0.2, 0) is 0 Å². The molecule has 5 heteroatoms. The third kappa shape index (κ3) is 1.81. The van der Waals surface area contributed by atoms with Crippen molar-refractivity contribution in [2.24, 2.45) is 5.84 Å². The van der Waals surface area contributed by atoms with Crippen LogP contribution in [0.4, 0.5) is 11.5 Å². The van der Waals surface area contributed by atoms with Crippen LogP contribution in [0.3, 0.4) is 0 Å². The molecule has 0 aromatic carbocycles. The second-order valence-electron chi connectivity index (χ2n) is 2.17. The van der Waals surface area contributed by atoms with Crippen molar-refractivity contribution in [2.75, 3.05) is 17.8 Å². The molecule has 0 saturated heterocycles. The van der Waals surface area contributed by atoms with Gasteiger partial charge < -0.3 is 10.7 Å². The van der Waals surface area contributed by atoms with E-state index < -0.39 is 0 Å². The summed E-state index contributed by atoms with van der Waals surface area (Å²) in [4.78, 5) is 3.91. The van der Waals surface area contributed by atoms with Crippen molar-refractivity contribution in [1.82, 2.24) is 4.98 Å². The van der Waals surface area contributed by atoms with Crippen LogP contribution in [0.2, 0.25) is 0 Å². The first-order valence-electron chi connectivity index (χ1n) is 3.00. The van der Waals surface area contributed by atoms with Gasteiger partial charge in [0.15, 0.2) is 0 Å². The van der Waals surface area contributed by atoms with E-state index in [1.165, 1.54) is 5.01 Å². The first-order valence-corrected chi connectivity index (χ1v) is 3.80. The second kappa shape index (κ2) is 3.06. The predicted molar refractivity (Wildman–Crippen MR) is 48.9 cm³/mol. The molecule has 0 aliphatic carbocycles. The van der Waals surface area contributed by atoms with Crippen LogP contribution in [-0.4, -0.2) is 12.0 Å². The van der Waals surface area contributed by atoms with Gasteiger partial charge in [-0.15, -0.1) is 0 Å². The topological polar surface area (TPSA) is 68.2 Å². The minimum absolute atomic E-state index is 0.429. The number of hydrogen-bond donors (Lipinski definition) is 2. The normalized spacial score (nSPS) is 9.73. The number of anilines is 2. The number of hydrogen-bond acceptors (Lipinski definition) is 4. The average molecular weight is 217 g/mol. The molecule has 1 rings (SSSR count). The first kappa shape index (κ1) is 8.29. The van der Waals surface area contributed by atoms with Crippen molar-refractivity contribution in [2.45, 2.75) is 0 Å². The van der Waals surface area contributed by atoms with Gasteiger partial charge >= 0.3 is 0 Å². The molecule has 4 nitrogen and oxygen atoms in total. The van der Waals surface area contributed by atoms with Crippen molar-refractivity contribution < 1.29 is 0 Å². The van der Waals surface area contributed by atoms with Crippen molar-refractivity contribution >= 4 is 27.4 Å². The van der Waals surface area contributed by atoms with Crippen molar-refractivity contribution in [1.29, 1.82) is 0 Å². The van der Waals surface area contributed by atoms with Gasteiger partial charge in [-0.25, -0.2) is 10.8 Å². The summed E-state index contributed by atoms with van der Waals surface area (Å²) in [5, 5.41) is 1.42. The Morgan fingerprint density at radius 2 is 2.27 bits per heavy atom. The molecule has 0 aliphatic rings. The zero-order valence-electron chi connectivity index (χ0n) is 6.08. The van der Waals surface area contributed by atoms with E-state index in [-0.39, 0.29) is 0 Å². The molecule has 60 valence electrons. The third-order valence-electron chi connectivity index (χ3n) is 1.24. The largest absolute Gasteiger partial charge is 0.382 e. The summed E-state index contributed by atoms with van der Waals surface area (Å²) in [7, 11) is 1.71. The molecule has 1 aromatic heterocycles. The first-order chi connectivity index (χ1) is 5.11. The van der Waals surface area contributed by atoms with Gasteiger partial charge in [0.1, 0.15) is 5.82 Å². The minimum Gasteiger partial charge on any atom is -0.382 e. The number of pyridine rings is 1. The summed E-state index contributed by atoms with van der Waals surface area (Å²) in [5.74, 6) is 5.90. The van der Waals surface area contributed by atoms with Gasteiger partial charge in [0.05, 0.1) is 5.69 Å². The monoisotopic (exact) mass is 216 g/mol. The summed E-state index contributed by atoms with van der Waals surface area (Å²) < 4.78 is 0.860. The van der Waals surface area contributed by atoms with Gasteiger partial charge in [-0.1, -0.05) is 0 Å². The molecule has 0 atom stereocenters. The number of hydrazine groups is 1. The Kier molecular flexibility index (Phi) is 2.31. The summed E-state index contributed by atoms with van der Waals surface area (Å²) in [6.45, 7) is 0. The average Bonchev–Trinajstić information content (AvgIpc) is 1.94. The Labute approximate surface area is 73.3 Å². The fourth-order valence-electron chi connectivity index (χ4n) is 0.722. The van der Waals surface area contributed by atoms with E-state index in [0.717, 1.165) is 4.47 Å². The lowest BCUT2D eigenvalue weighted by Gasteiger charge is -2.13. The molecule has 1 heterocycles. The van der Waals surface area contributed by atoms with Crippen LogP contribution in [0.25, 0.3) is 0 Å². The smallest absolute Gasteiger partial charge is 0.148 e. The molecule has 0 unspecified atom stereocenters. The maximum absolute atomic E-state index is 5.54. The van der Waals surface area contributed by atoms with E-state index >= 15 is 0 Å². The Balaban J connectivity index is 3.13. The van der Waals surface area contributed by atoms with Gasteiger partial charge in [-0.3, -0.25) is 0 Å². The van der Waals surface area contributed by atoms with Crippen molar-refractivity contribution in [3.8, 4) is 0 Å². The highest BCUT2D eigenvalue weighted by Crippen LogP contribution is 2.21. The minimum atomic E-state index is 0.429. The molecule has 0 saturated carbocycles. The van der Waals surface area contributed by atoms with Gasteiger partial charge in [-0.2, -0.15) is 0 Å². The standard InChI is InChI=1S/C6H9BrN4/c1-11(9)5-2-4(7)3-10-6(5)8/h2-3H,9H2,1H3,(H2,8,10). The maximum Gasteiger partial charge on any atom is 0.148 e. The quantitative estimate of drug-likeness (QED) is 0.537. The lowest BCUT2D eigenvalue weighted by atomic mass is 10.4. The molecule has 0 amide bonds. The third-order valence-corrected chi connectivity index (χ3v) is 1.68. The van der Waals surface area contributed by atoms with Gasteiger partial charge in [-0.05, 0) is 22.0 Å². The second-order valence-corrected chi connectivity index (χ2v) is 3.08. The van der Waals surface area contributed by atoms with Crippen molar-refractivity contribution in [3.05, 3.63) is 16.7 Å².